The second-order valence-corrected chi connectivity index (χ2v) is 5.54. The van der Waals surface area contributed by atoms with Crippen molar-refractivity contribution in [3.05, 3.63) is 29.3 Å². The van der Waals surface area contributed by atoms with E-state index in [0.29, 0.717) is 5.25 Å². The minimum absolute atomic E-state index is 0.557. The quantitative estimate of drug-likeness (QED) is 0.782. The number of nitriles is 1. The van der Waals surface area contributed by atoms with Crippen LogP contribution in [0.1, 0.15) is 38.3 Å². The molecule has 0 bridgehead atoms. The van der Waals surface area contributed by atoms with Crippen molar-refractivity contribution in [3.8, 4) is 6.07 Å². The molecule has 0 aliphatic rings. The largest absolute Gasteiger partial charge is 0.313 e. The Bertz CT molecular complexity index is 396. The van der Waals surface area contributed by atoms with Crippen molar-refractivity contribution < 1.29 is 0 Å². The van der Waals surface area contributed by atoms with Gasteiger partial charge in [-0.3, -0.25) is 0 Å². The molecular formula is C14H20N2S. The van der Waals surface area contributed by atoms with E-state index in [4.69, 9.17) is 0 Å². The molecule has 0 fully saturated rings. The van der Waals surface area contributed by atoms with Crippen LogP contribution in [0.4, 0.5) is 0 Å². The average Bonchev–Trinajstić information content (AvgIpc) is 2.37. The van der Waals surface area contributed by atoms with Crippen LogP contribution >= 0.6 is 11.8 Å². The van der Waals surface area contributed by atoms with Gasteiger partial charge in [-0.25, -0.2) is 0 Å². The van der Waals surface area contributed by atoms with Crippen molar-refractivity contribution in [1.29, 1.82) is 5.26 Å². The van der Waals surface area contributed by atoms with Gasteiger partial charge >= 0.3 is 0 Å². The number of nitrogens with zero attached hydrogens (tertiary/aromatic N) is 1. The molecule has 1 aromatic rings. The van der Waals surface area contributed by atoms with Gasteiger partial charge in [0.15, 0.2) is 0 Å². The summed E-state index contributed by atoms with van der Waals surface area (Å²) >= 11 is 1.78. The lowest BCUT2D eigenvalue weighted by Crippen LogP contribution is -2.11. The smallest absolute Gasteiger partial charge is 0.100 e. The van der Waals surface area contributed by atoms with Crippen molar-refractivity contribution in [2.45, 2.75) is 43.9 Å². The summed E-state index contributed by atoms with van der Waals surface area (Å²) in [4.78, 5) is 1.10. The molecule has 2 nitrogen and oxygen atoms in total. The second-order valence-electron chi connectivity index (χ2n) is 4.06. The molecule has 0 radical (unpaired) electrons. The molecule has 1 N–H and O–H groups in total. The maximum Gasteiger partial charge on any atom is 0.100 e. The summed E-state index contributed by atoms with van der Waals surface area (Å²) in [6.45, 7) is 8.23. The highest BCUT2D eigenvalue weighted by Gasteiger charge is 2.07. The van der Waals surface area contributed by atoms with E-state index in [2.05, 4.69) is 44.3 Å². The van der Waals surface area contributed by atoms with Crippen molar-refractivity contribution in [3.63, 3.8) is 0 Å². The van der Waals surface area contributed by atoms with Gasteiger partial charge in [0.25, 0.3) is 0 Å². The van der Waals surface area contributed by atoms with Gasteiger partial charge in [0.05, 0.1) is 5.56 Å². The Hall–Kier alpha value is -0.980. The lowest BCUT2D eigenvalue weighted by atomic mass is 10.1. The predicted molar refractivity (Wildman–Crippen MR) is 74.1 cm³/mol. The van der Waals surface area contributed by atoms with Crippen LogP contribution in [0.2, 0.25) is 0 Å². The van der Waals surface area contributed by atoms with Crippen molar-refractivity contribution in [2.75, 3.05) is 6.54 Å². The van der Waals surface area contributed by atoms with Crippen LogP contribution < -0.4 is 5.32 Å². The molecule has 0 amide bonds. The third-order valence-electron chi connectivity index (χ3n) is 2.65. The highest BCUT2D eigenvalue weighted by Crippen LogP contribution is 2.28. The van der Waals surface area contributed by atoms with E-state index in [1.807, 2.05) is 6.07 Å². The Morgan fingerprint density at radius 1 is 1.41 bits per heavy atom. The molecule has 17 heavy (non-hydrogen) atoms. The summed E-state index contributed by atoms with van der Waals surface area (Å²) in [5.74, 6) is 0. The molecule has 1 atom stereocenters. The first-order valence-corrected chi connectivity index (χ1v) is 6.99. The van der Waals surface area contributed by atoms with E-state index in [0.717, 1.165) is 30.0 Å². The maximum absolute atomic E-state index is 9.17. The van der Waals surface area contributed by atoms with E-state index in [-0.39, 0.29) is 0 Å². The van der Waals surface area contributed by atoms with E-state index in [1.165, 1.54) is 5.56 Å². The zero-order valence-corrected chi connectivity index (χ0v) is 11.6. The molecule has 92 valence electrons. The van der Waals surface area contributed by atoms with Gasteiger partial charge < -0.3 is 5.32 Å². The van der Waals surface area contributed by atoms with E-state index in [1.54, 1.807) is 11.8 Å². The van der Waals surface area contributed by atoms with Crippen molar-refractivity contribution in [2.24, 2.45) is 0 Å². The first kappa shape index (κ1) is 14.1. The standard InChI is InChI=1S/C14H20N2S/c1-4-11(3)17-14-7-6-12(10-16-5-2)8-13(14)9-15/h6-8,11,16H,4-5,10H2,1-3H3. The van der Waals surface area contributed by atoms with Crippen LogP contribution in [-0.4, -0.2) is 11.8 Å². The number of hydrogen-bond acceptors (Lipinski definition) is 3. The highest BCUT2D eigenvalue weighted by molar-refractivity contribution is 8.00. The normalized spacial score (nSPS) is 12.1. The summed E-state index contributed by atoms with van der Waals surface area (Å²) in [7, 11) is 0. The Labute approximate surface area is 108 Å². The van der Waals surface area contributed by atoms with Gasteiger partial charge in [0.1, 0.15) is 6.07 Å². The molecule has 0 aromatic heterocycles. The lowest BCUT2D eigenvalue weighted by molar-refractivity contribution is 0.726. The highest BCUT2D eigenvalue weighted by atomic mass is 32.2. The summed E-state index contributed by atoms with van der Waals surface area (Å²) in [5, 5.41) is 13.0. The molecule has 0 saturated heterocycles. The first-order chi connectivity index (χ1) is 8.21. The molecule has 1 unspecified atom stereocenters. The van der Waals surface area contributed by atoms with Gasteiger partial charge in [0.2, 0.25) is 0 Å². The van der Waals surface area contributed by atoms with E-state index >= 15 is 0 Å². The first-order valence-electron chi connectivity index (χ1n) is 6.11. The Balaban J connectivity index is 2.82. The molecule has 1 rings (SSSR count). The Morgan fingerprint density at radius 3 is 2.76 bits per heavy atom. The SMILES string of the molecule is CCNCc1ccc(SC(C)CC)c(C#N)c1. The summed E-state index contributed by atoms with van der Waals surface area (Å²) in [5.41, 5.74) is 1.97. The summed E-state index contributed by atoms with van der Waals surface area (Å²) < 4.78 is 0. The Kier molecular flexibility index (Phi) is 6.10. The van der Waals surface area contributed by atoms with Crippen LogP contribution in [0, 0.1) is 11.3 Å². The zero-order chi connectivity index (χ0) is 12.7. The van der Waals surface area contributed by atoms with Gasteiger partial charge in [-0.15, -0.1) is 11.8 Å². The number of thioether (sulfide) groups is 1. The van der Waals surface area contributed by atoms with Crippen LogP contribution in [-0.2, 0) is 6.54 Å². The second kappa shape index (κ2) is 7.37. The summed E-state index contributed by atoms with van der Waals surface area (Å²) in [6.07, 6.45) is 1.12. The van der Waals surface area contributed by atoms with Gasteiger partial charge in [-0.05, 0) is 30.7 Å². The molecule has 3 heteroatoms. The van der Waals surface area contributed by atoms with Gasteiger partial charge in [-0.2, -0.15) is 5.26 Å². The lowest BCUT2D eigenvalue weighted by Gasteiger charge is -2.11. The minimum Gasteiger partial charge on any atom is -0.313 e. The molecular weight excluding hydrogens is 228 g/mol. The van der Waals surface area contributed by atoms with Gasteiger partial charge in [-0.1, -0.05) is 26.8 Å². The van der Waals surface area contributed by atoms with E-state index < -0.39 is 0 Å². The molecule has 0 saturated carbocycles. The minimum atomic E-state index is 0.557. The monoisotopic (exact) mass is 248 g/mol. The predicted octanol–water partition coefficient (Wildman–Crippen LogP) is 3.56. The fourth-order valence-corrected chi connectivity index (χ4v) is 2.42. The zero-order valence-electron chi connectivity index (χ0n) is 10.8. The van der Waals surface area contributed by atoms with Crippen LogP contribution in [0.3, 0.4) is 0 Å². The topological polar surface area (TPSA) is 35.8 Å². The number of hydrogen-bond donors (Lipinski definition) is 1. The average molecular weight is 248 g/mol. The Morgan fingerprint density at radius 2 is 2.18 bits per heavy atom. The van der Waals surface area contributed by atoms with Crippen LogP contribution in [0.25, 0.3) is 0 Å². The van der Waals surface area contributed by atoms with Crippen molar-refractivity contribution >= 4 is 11.8 Å². The summed E-state index contributed by atoms with van der Waals surface area (Å²) in [6, 6.07) is 8.46. The molecule has 0 heterocycles. The fraction of sp³-hybridized carbons (Fsp3) is 0.500. The molecule has 0 aliphatic heterocycles. The third kappa shape index (κ3) is 4.41. The number of nitrogens with one attached hydrogen (secondary N) is 1. The van der Waals surface area contributed by atoms with Crippen LogP contribution in [0.15, 0.2) is 23.1 Å². The van der Waals surface area contributed by atoms with Gasteiger partial charge in [0, 0.05) is 16.7 Å². The molecule has 0 spiro atoms. The molecule has 0 aliphatic carbocycles. The molecule has 1 aromatic carbocycles. The number of benzene rings is 1. The fourth-order valence-electron chi connectivity index (χ4n) is 1.45. The number of rotatable bonds is 6. The third-order valence-corrected chi connectivity index (χ3v) is 3.99. The van der Waals surface area contributed by atoms with Crippen LogP contribution in [0.5, 0.6) is 0 Å². The van der Waals surface area contributed by atoms with Crippen molar-refractivity contribution in [1.82, 2.24) is 5.32 Å². The maximum atomic E-state index is 9.17. The van der Waals surface area contributed by atoms with E-state index in [9.17, 15) is 5.26 Å².